The Bertz CT molecular complexity index is 3170. The van der Waals surface area contributed by atoms with Crippen molar-refractivity contribution in [3.8, 4) is 22.5 Å². The third-order valence-electron chi connectivity index (χ3n) is 10.0. The first-order valence-corrected chi connectivity index (χ1v) is 19.8. The summed E-state index contributed by atoms with van der Waals surface area (Å²) in [5, 5.41) is 53.0. The highest BCUT2D eigenvalue weighted by Crippen LogP contribution is 2.28. The summed E-state index contributed by atoms with van der Waals surface area (Å²) in [6, 6.07) is 21.5. The van der Waals surface area contributed by atoms with E-state index < -0.39 is 23.8 Å². The number of rotatable bonds is 10. The number of nitrogens with one attached hydrogen (secondary N) is 3. The summed E-state index contributed by atoms with van der Waals surface area (Å²) in [6.45, 7) is 0.0222. The summed E-state index contributed by atoms with van der Waals surface area (Å²) < 4.78 is 29.8. The molecule has 9 N–H and O–H groups in total. The minimum atomic E-state index is -0.786. The average molecular weight is 873 g/mol. The van der Waals surface area contributed by atoms with Gasteiger partial charge >= 0.3 is 0 Å². The molecule has 19 heteroatoms. The Morgan fingerprint density at radius 2 is 1.17 bits per heavy atom. The first-order valence-electron chi connectivity index (χ1n) is 19.4. The van der Waals surface area contributed by atoms with Crippen molar-refractivity contribution in [3.05, 3.63) is 161 Å². The van der Waals surface area contributed by atoms with Gasteiger partial charge in [-0.3, -0.25) is 9.97 Å². The van der Waals surface area contributed by atoms with Gasteiger partial charge in [0.25, 0.3) is 0 Å². The second kappa shape index (κ2) is 18.8. The molecule has 0 radical (unpaired) electrons. The lowest BCUT2D eigenvalue weighted by molar-refractivity contribution is 0.188. The molecule has 0 saturated heterocycles. The van der Waals surface area contributed by atoms with E-state index in [9.17, 15) is 29.2 Å². The van der Waals surface area contributed by atoms with E-state index in [4.69, 9.17) is 17.3 Å². The summed E-state index contributed by atoms with van der Waals surface area (Å²) in [5.74, 6) is -0.381. The maximum Gasteiger partial charge on any atom is 0.163 e. The number of aliphatic hydroxyl groups is 4. The number of aromatic nitrogens is 10. The molecule has 8 heterocycles. The van der Waals surface area contributed by atoms with E-state index in [0.717, 1.165) is 45.3 Å². The molecule has 0 fully saturated rings. The van der Waals surface area contributed by atoms with Gasteiger partial charge in [0.15, 0.2) is 11.3 Å². The van der Waals surface area contributed by atoms with Crippen molar-refractivity contribution in [1.29, 1.82) is 0 Å². The molecule has 2 atom stereocenters. The van der Waals surface area contributed by atoms with Gasteiger partial charge in [-0.05, 0) is 24.3 Å². The molecule has 320 valence electrons. The largest absolute Gasteiger partial charge is 0.391 e. The minimum absolute atomic E-state index is 0.197. The van der Waals surface area contributed by atoms with E-state index in [1.165, 1.54) is 41.4 Å². The van der Waals surface area contributed by atoms with Gasteiger partial charge in [0, 0.05) is 105 Å². The SMILES string of the molecule is NC[C@H](O)c1c[nH]c2ccccc12.OCc1cnn2c(Cl)cc(-c3cncc(F)c3)nc12.OCc1cnn2c(NC[C@H](O)c3c[nH]c4ccccc34)cc(-c3cncc(F)c3)nc12. The fraction of sp³-hybridized carbons (Fsp3) is 0.136. The van der Waals surface area contributed by atoms with Gasteiger partial charge in [0.1, 0.15) is 22.6 Å². The van der Waals surface area contributed by atoms with Crippen LogP contribution in [0.25, 0.3) is 55.6 Å². The molecule has 0 aliphatic heterocycles. The number of halogens is 3. The van der Waals surface area contributed by atoms with Crippen LogP contribution >= 0.6 is 11.6 Å². The molecule has 0 aliphatic carbocycles. The fourth-order valence-electron chi connectivity index (χ4n) is 6.91. The normalized spacial score (nSPS) is 12.3. The van der Waals surface area contributed by atoms with Crippen LogP contribution < -0.4 is 11.1 Å². The lowest BCUT2D eigenvalue weighted by Crippen LogP contribution is -2.15. The van der Waals surface area contributed by atoms with Crippen molar-refractivity contribution in [2.24, 2.45) is 5.73 Å². The number of hydrogen-bond acceptors (Lipinski definition) is 12. The van der Waals surface area contributed by atoms with Crippen molar-refractivity contribution in [2.75, 3.05) is 18.4 Å². The number of anilines is 1. The Morgan fingerprint density at radius 3 is 1.71 bits per heavy atom. The Labute approximate surface area is 361 Å². The zero-order chi connectivity index (χ0) is 44.0. The summed E-state index contributed by atoms with van der Waals surface area (Å²) >= 11 is 6.09. The molecular weight excluding hydrogens is 834 g/mol. The van der Waals surface area contributed by atoms with Gasteiger partial charge in [0.2, 0.25) is 0 Å². The third kappa shape index (κ3) is 9.07. The number of aromatic amines is 2. The zero-order valence-electron chi connectivity index (χ0n) is 33.1. The number of para-hydroxylation sites is 2. The van der Waals surface area contributed by atoms with E-state index in [1.807, 2.05) is 54.7 Å². The molecule has 0 unspecified atom stereocenters. The van der Waals surface area contributed by atoms with Gasteiger partial charge in [-0.25, -0.2) is 23.3 Å². The van der Waals surface area contributed by atoms with Crippen LogP contribution in [-0.4, -0.2) is 82.6 Å². The molecule has 10 rings (SSSR count). The Hall–Kier alpha value is -7.19. The maximum atomic E-state index is 13.7. The number of nitrogens with zero attached hydrogens (tertiary/aromatic N) is 8. The first kappa shape index (κ1) is 42.5. The molecule has 2 aromatic carbocycles. The van der Waals surface area contributed by atoms with Gasteiger partial charge in [0.05, 0.1) is 61.6 Å². The van der Waals surface area contributed by atoms with Crippen LogP contribution in [0.15, 0.2) is 122 Å². The lowest BCUT2D eigenvalue weighted by atomic mass is 10.1. The zero-order valence-corrected chi connectivity index (χ0v) is 33.9. The van der Waals surface area contributed by atoms with Gasteiger partial charge in [-0.15, -0.1) is 0 Å². The van der Waals surface area contributed by atoms with Crippen molar-refractivity contribution in [2.45, 2.75) is 25.4 Å². The molecule has 10 aromatic rings. The fourth-order valence-corrected chi connectivity index (χ4v) is 7.13. The van der Waals surface area contributed by atoms with E-state index >= 15 is 0 Å². The van der Waals surface area contributed by atoms with E-state index in [0.29, 0.717) is 55.9 Å². The molecule has 16 nitrogen and oxygen atoms in total. The third-order valence-corrected chi connectivity index (χ3v) is 10.3. The average Bonchev–Trinajstić information content (AvgIpc) is 4.13. The monoisotopic (exact) mass is 872 g/mol. The first-order chi connectivity index (χ1) is 30.6. The summed E-state index contributed by atoms with van der Waals surface area (Å²) in [4.78, 5) is 22.8. The van der Waals surface area contributed by atoms with Gasteiger partial charge in [-0.2, -0.15) is 14.7 Å². The number of benzene rings is 2. The Balaban J connectivity index is 0.000000144. The predicted octanol–water partition coefficient (Wildman–Crippen LogP) is 6.29. The molecule has 0 bridgehead atoms. The van der Waals surface area contributed by atoms with Crippen LogP contribution in [0.2, 0.25) is 5.15 Å². The van der Waals surface area contributed by atoms with Crippen LogP contribution in [-0.2, 0) is 13.2 Å². The Kier molecular flexibility index (Phi) is 12.7. The number of pyridine rings is 2. The summed E-state index contributed by atoms with van der Waals surface area (Å²) in [6.07, 6.45) is 10.5. The highest BCUT2D eigenvalue weighted by Gasteiger charge is 2.17. The van der Waals surface area contributed by atoms with Crippen LogP contribution in [0.3, 0.4) is 0 Å². The molecule has 8 aromatic heterocycles. The molecule has 0 aliphatic rings. The van der Waals surface area contributed by atoms with E-state index in [-0.39, 0.29) is 26.3 Å². The van der Waals surface area contributed by atoms with Gasteiger partial charge < -0.3 is 41.4 Å². The van der Waals surface area contributed by atoms with E-state index in [1.54, 1.807) is 22.8 Å². The predicted molar refractivity (Wildman–Crippen MR) is 233 cm³/mol. The molecule has 0 spiro atoms. The van der Waals surface area contributed by atoms with Crippen LogP contribution in [0.1, 0.15) is 34.5 Å². The molecule has 63 heavy (non-hydrogen) atoms. The second-order valence-corrected chi connectivity index (χ2v) is 14.5. The number of aliphatic hydroxyl groups excluding tert-OH is 4. The van der Waals surface area contributed by atoms with Crippen molar-refractivity contribution < 1.29 is 29.2 Å². The van der Waals surface area contributed by atoms with Crippen molar-refractivity contribution >= 4 is 50.5 Å². The highest BCUT2D eigenvalue weighted by molar-refractivity contribution is 6.30. The second-order valence-electron chi connectivity index (χ2n) is 14.1. The molecule has 0 amide bonds. The molecular formula is C44H39ClF2N12O4. The van der Waals surface area contributed by atoms with Crippen molar-refractivity contribution in [3.63, 3.8) is 0 Å². The number of fused-ring (bicyclic) bond motifs is 4. The topological polar surface area (TPSA) is 237 Å². The number of hydrogen-bond donors (Lipinski definition) is 8. The highest BCUT2D eigenvalue weighted by atomic mass is 35.5. The maximum absolute atomic E-state index is 13.7. The van der Waals surface area contributed by atoms with Crippen LogP contribution in [0.5, 0.6) is 0 Å². The van der Waals surface area contributed by atoms with E-state index in [2.05, 4.69) is 45.4 Å². The minimum Gasteiger partial charge on any atom is -0.391 e. The lowest BCUT2D eigenvalue weighted by Gasteiger charge is -2.14. The number of H-pyrrole nitrogens is 2. The van der Waals surface area contributed by atoms with Crippen LogP contribution in [0.4, 0.5) is 14.6 Å². The summed E-state index contributed by atoms with van der Waals surface area (Å²) in [7, 11) is 0. The Morgan fingerprint density at radius 1 is 0.667 bits per heavy atom. The van der Waals surface area contributed by atoms with Crippen molar-refractivity contribution in [1.82, 2.24) is 49.1 Å². The van der Waals surface area contributed by atoms with Gasteiger partial charge in [-0.1, -0.05) is 48.0 Å². The molecule has 0 saturated carbocycles. The quantitative estimate of drug-likeness (QED) is 0.0709. The van der Waals surface area contributed by atoms with Crippen LogP contribution in [0, 0.1) is 11.6 Å². The smallest absolute Gasteiger partial charge is 0.163 e. The standard InChI is InChI=1S/C22H19FN6O2.C12H8ClFN4O.C10H12N2O/c23-15-5-13(7-24-9-15)19-6-21(29-22(28-19)14(12-30)8-27-29)26-11-20(31)17-10-25-18-4-2-1-3-16(17)18;13-11-2-10(7-1-9(14)5-15-3-7)17-12-8(6-19)4-16-18(11)12;11-5-10(13)8-6-12-9-4-2-1-3-7(8)9/h1-10,20,25-26,30-31H,11-12H2;1-5,19H,6H2;1-4,6,10,12-13H,5,11H2/t20-;;10-/m0.0/s1. The number of nitrogens with two attached hydrogens (primary N) is 1. The summed E-state index contributed by atoms with van der Waals surface area (Å²) in [5.41, 5.74) is 12.9.